The molecule has 0 bridgehead atoms. The Morgan fingerprint density at radius 2 is 2.00 bits per heavy atom. The van der Waals surface area contributed by atoms with Crippen molar-refractivity contribution in [3.8, 4) is 0 Å². The van der Waals surface area contributed by atoms with Crippen molar-refractivity contribution < 1.29 is 4.21 Å². The summed E-state index contributed by atoms with van der Waals surface area (Å²) >= 11 is 0. The first-order valence-corrected chi connectivity index (χ1v) is 8.03. The van der Waals surface area contributed by atoms with E-state index >= 15 is 0 Å². The van der Waals surface area contributed by atoms with Gasteiger partial charge in [-0.3, -0.25) is 9.19 Å². The fraction of sp³-hybridized carbons (Fsp3) is 0.118. The quantitative estimate of drug-likeness (QED) is 0.753. The van der Waals surface area contributed by atoms with Crippen molar-refractivity contribution >= 4 is 27.4 Å². The Labute approximate surface area is 126 Å². The first-order valence-electron chi connectivity index (χ1n) is 6.71. The highest BCUT2D eigenvalue weighted by atomic mass is 32.2. The van der Waals surface area contributed by atoms with Gasteiger partial charge >= 0.3 is 0 Å². The average molecular weight is 296 g/mol. The first-order chi connectivity index (χ1) is 10.1. The lowest BCUT2D eigenvalue weighted by atomic mass is 10.1. The van der Waals surface area contributed by atoms with Gasteiger partial charge in [0.25, 0.3) is 0 Å². The molecule has 2 N–H and O–H groups in total. The third-order valence-electron chi connectivity index (χ3n) is 3.42. The molecule has 0 amide bonds. The minimum atomic E-state index is -1.10. The van der Waals surface area contributed by atoms with E-state index in [4.69, 9.17) is 5.73 Å². The van der Waals surface area contributed by atoms with E-state index < -0.39 is 10.8 Å². The molecule has 0 fully saturated rings. The smallest absolute Gasteiger partial charge is 0.0702 e. The Morgan fingerprint density at radius 3 is 2.86 bits per heavy atom. The van der Waals surface area contributed by atoms with Gasteiger partial charge in [0, 0.05) is 22.2 Å². The van der Waals surface area contributed by atoms with Crippen LogP contribution in [0.1, 0.15) is 11.1 Å². The van der Waals surface area contributed by atoms with Gasteiger partial charge in [-0.25, -0.2) is 0 Å². The minimum absolute atomic E-state index is 0.481. The van der Waals surface area contributed by atoms with Crippen LogP contribution in [0, 0.1) is 6.92 Å². The number of rotatable bonds is 3. The van der Waals surface area contributed by atoms with Crippen molar-refractivity contribution in [2.24, 2.45) is 0 Å². The molecule has 2 aromatic carbocycles. The maximum atomic E-state index is 12.6. The van der Waals surface area contributed by atoms with Crippen LogP contribution in [0.3, 0.4) is 0 Å². The summed E-state index contributed by atoms with van der Waals surface area (Å²) in [6, 6.07) is 15.5. The molecule has 4 heteroatoms. The number of nitrogens with two attached hydrogens (primary N) is 1. The van der Waals surface area contributed by atoms with Crippen LogP contribution >= 0.6 is 0 Å². The van der Waals surface area contributed by atoms with Crippen LogP contribution < -0.4 is 5.73 Å². The average Bonchev–Trinajstić information content (AvgIpc) is 2.49. The lowest BCUT2D eigenvalue weighted by Crippen LogP contribution is -2.00. The topological polar surface area (TPSA) is 56.0 Å². The number of hydrogen-bond acceptors (Lipinski definition) is 3. The van der Waals surface area contributed by atoms with E-state index in [1.54, 1.807) is 12.3 Å². The van der Waals surface area contributed by atoms with E-state index in [0.29, 0.717) is 11.4 Å². The second kappa shape index (κ2) is 5.66. The number of hydrogen-bond donors (Lipinski definition) is 1. The van der Waals surface area contributed by atoms with Crippen LogP contribution in [-0.4, -0.2) is 9.19 Å². The number of anilines is 1. The molecule has 0 spiro atoms. The highest BCUT2D eigenvalue weighted by molar-refractivity contribution is 7.84. The van der Waals surface area contributed by atoms with Gasteiger partial charge in [-0.05, 0) is 48.4 Å². The molecule has 3 aromatic rings. The summed E-state index contributed by atoms with van der Waals surface area (Å²) in [5.41, 5.74) is 9.43. The molecule has 0 aliphatic rings. The van der Waals surface area contributed by atoms with E-state index in [0.717, 1.165) is 26.9 Å². The summed E-state index contributed by atoms with van der Waals surface area (Å²) in [5, 5.41) is 1.07. The van der Waals surface area contributed by atoms with Gasteiger partial charge in [-0.15, -0.1) is 0 Å². The van der Waals surface area contributed by atoms with Crippen molar-refractivity contribution in [2.75, 3.05) is 5.73 Å². The predicted octanol–water partition coefficient (Wildman–Crippen LogP) is 3.43. The van der Waals surface area contributed by atoms with Crippen LogP contribution in [0.4, 0.5) is 5.69 Å². The monoisotopic (exact) mass is 296 g/mol. The Bertz CT molecular complexity index is 830. The second-order valence-electron chi connectivity index (χ2n) is 5.05. The SMILES string of the molecule is Cc1ccc(N)cc1S(=O)Cc1ccc2ncccc2c1. The Morgan fingerprint density at radius 1 is 1.14 bits per heavy atom. The number of pyridine rings is 1. The molecule has 0 radical (unpaired) electrons. The lowest BCUT2D eigenvalue weighted by Gasteiger charge is -2.08. The normalized spacial score (nSPS) is 12.4. The molecule has 0 aliphatic heterocycles. The molecule has 1 aromatic heterocycles. The van der Waals surface area contributed by atoms with Crippen LogP contribution in [0.25, 0.3) is 10.9 Å². The molecule has 0 saturated carbocycles. The molecule has 21 heavy (non-hydrogen) atoms. The second-order valence-corrected chi connectivity index (χ2v) is 6.46. The molecule has 1 atom stereocenters. The van der Waals surface area contributed by atoms with Gasteiger partial charge in [-0.1, -0.05) is 18.2 Å². The van der Waals surface area contributed by atoms with Gasteiger partial charge in [0.15, 0.2) is 0 Å². The number of nitrogen functional groups attached to an aromatic ring is 1. The van der Waals surface area contributed by atoms with Gasteiger partial charge in [0.2, 0.25) is 0 Å². The summed E-state index contributed by atoms with van der Waals surface area (Å²) in [4.78, 5) is 5.10. The largest absolute Gasteiger partial charge is 0.399 e. The maximum absolute atomic E-state index is 12.6. The lowest BCUT2D eigenvalue weighted by molar-refractivity contribution is 0.682. The van der Waals surface area contributed by atoms with Crippen molar-refractivity contribution in [3.05, 3.63) is 65.9 Å². The van der Waals surface area contributed by atoms with Crippen LogP contribution in [0.15, 0.2) is 59.6 Å². The third-order valence-corrected chi connectivity index (χ3v) is 4.95. The summed E-state index contributed by atoms with van der Waals surface area (Å²) in [5.74, 6) is 0.481. The Balaban J connectivity index is 1.90. The van der Waals surface area contributed by atoms with Crippen molar-refractivity contribution in [1.82, 2.24) is 4.98 Å². The van der Waals surface area contributed by atoms with Gasteiger partial charge in [-0.2, -0.15) is 0 Å². The van der Waals surface area contributed by atoms with Gasteiger partial charge in [0.05, 0.1) is 22.1 Å². The summed E-state index contributed by atoms with van der Waals surface area (Å²) in [7, 11) is -1.10. The van der Waals surface area contributed by atoms with Crippen LogP contribution in [-0.2, 0) is 16.6 Å². The zero-order chi connectivity index (χ0) is 14.8. The maximum Gasteiger partial charge on any atom is 0.0702 e. The molecule has 1 heterocycles. The van der Waals surface area contributed by atoms with Crippen LogP contribution in [0.5, 0.6) is 0 Å². The third kappa shape index (κ3) is 2.95. The number of nitrogens with zero attached hydrogens (tertiary/aromatic N) is 1. The van der Waals surface area contributed by atoms with Gasteiger partial charge in [0.1, 0.15) is 0 Å². The molecule has 3 rings (SSSR count). The van der Waals surface area contributed by atoms with Crippen molar-refractivity contribution in [3.63, 3.8) is 0 Å². The van der Waals surface area contributed by atoms with Crippen LogP contribution in [0.2, 0.25) is 0 Å². The number of benzene rings is 2. The van der Waals surface area contributed by atoms with E-state index in [1.807, 2.05) is 49.4 Å². The summed E-state index contributed by atoms with van der Waals surface area (Å²) in [6.45, 7) is 1.96. The number of aryl methyl sites for hydroxylation is 1. The standard InChI is InChI=1S/C17H16N2OS/c1-12-4-6-15(18)10-17(12)21(20)11-13-5-7-16-14(9-13)3-2-8-19-16/h2-10H,11,18H2,1H3. The van der Waals surface area contributed by atoms with E-state index in [1.165, 1.54) is 0 Å². The molecular formula is C17H16N2OS. The molecule has 0 saturated heterocycles. The van der Waals surface area contributed by atoms with Gasteiger partial charge < -0.3 is 5.73 Å². The Kier molecular flexibility index (Phi) is 3.71. The van der Waals surface area contributed by atoms with E-state index in [9.17, 15) is 4.21 Å². The fourth-order valence-corrected chi connectivity index (χ4v) is 3.64. The first kappa shape index (κ1) is 13.8. The highest BCUT2D eigenvalue weighted by Crippen LogP contribution is 2.21. The van der Waals surface area contributed by atoms with Crippen molar-refractivity contribution in [1.29, 1.82) is 0 Å². The zero-order valence-electron chi connectivity index (χ0n) is 11.7. The predicted molar refractivity (Wildman–Crippen MR) is 87.4 cm³/mol. The highest BCUT2D eigenvalue weighted by Gasteiger charge is 2.09. The molecule has 0 aliphatic carbocycles. The van der Waals surface area contributed by atoms with E-state index in [-0.39, 0.29) is 0 Å². The molecule has 3 nitrogen and oxygen atoms in total. The Hall–Kier alpha value is -2.20. The minimum Gasteiger partial charge on any atom is -0.399 e. The number of aromatic nitrogens is 1. The fourth-order valence-electron chi connectivity index (χ4n) is 2.31. The summed E-state index contributed by atoms with van der Waals surface area (Å²) in [6.07, 6.45) is 1.77. The van der Waals surface area contributed by atoms with Crippen molar-refractivity contribution in [2.45, 2.75) is 17.6 Å². The molecular weight excluding hydrogens is 280 g/mol. The number of fused-ring (bicyclic) bond motifs is 1. The zero-order valence-corrected chi connectivity index (χ0v) is 12.6. The molecule has 106 valence electrons. The van der Waals surface area contributed by atoms with E-state index in [2.05, 4.69) is 4.98 Å². The molecule has 1 unspecified atom stereocenters. The summed E-state index contributed by atoms with van der Waals surface area (Å²) < 4.78 is 12.6.